The molecule has 1 aliphatic heterocycles. The second-order valence-electron chi connectivity index (χ2n) is 7.20. The lowest BCUT2D eigenvalue weighted by Gasteiger charge is -2.10. The number of hydrogen-bond donors (Lipinski definition) is 1. The van der Waals surface area contributed by atoms with Gasteiger partial charge < -0.3 is 14.5 Å². The van der Waals surface area contributed by atoms with Crippen LogP contribution in [0.2, 0.25) is 0 Å². The molecule has 4 rings (SSSR count). The Morgan fingerprint density at radius 1 is 1.11 bits per heavy atom. The standard InChI is InChI=1S/C23H22N2O3.H2/c1-15(2)12-19-18-7-3-4-8-21(18)28-22-10-9-16(13-20(22)25-19)23(26)24-14-17-6-5-11-27-17;/h3-11,13,15H,12,14H2,1-2H3,(H,24,26);1H. The molecule has 2 aromatic carbocycles. The fourth-order valence-electron chi connectivity index (χ4n) is 3.18. The summed E-state index contributed by atoms with van der Waals surface area (Å²) in [6.45, 7) is 4.67. The average molecular weight is 376 g/mol. The highest BCUT2D eigenvalue weighted by Gasteiger charge is 2.20. The molecule has 5 heteroatoms. The number of fused-ring (bicyclic) bond motifs is 2. The lowest BCUT2D eigenvalue weighted by Crippen LogP contribution is -2.22. The maximum Gasteiger partial charge on any atom is 0.251 e. The van der Waals surface area contributed by atoms with E-state index in [2.05, 4.69) is 19.2 Å². The first-order chi connectivity index (χ1) is 13.6. The minimum atomic E-state index is -0.179. The van der Waals surface area contributed by atoms with Gasteiger partial charge >= 0.3 is 0 Å². The van der Waals surface area contributed by atoms with Gasteiger partial charge in [0.2, 0.25) is 0 Å². The zero-order chi connectivity index (χ0) is 19.5. The topological polar surface area (TPSA) is 63.8 Å². The van der Waals surface area contributed by atoms with Crippen LogP contribution in [0.3, 0.4) is 0 Å². The Hall–Kier alpha value is -3.34. The number of carbonyl (C=O) groups excluding carboxylic acids is 1. The summed E-state index contributed by atoms with van der Waals surface area (Å²) in [6, 6.07) is 16.9. The normalized spacial score (nSPS) is 12.5. The summed E-state index contributed by atoms with van der Waals surface area (Å²) < 4.78 is 11.4. The molecule has 0 bridgehead atoms. The molecule has 1 aliphatic rings. The lowest BCUT2D eigenvalue weighted by atomic mass is 9.99. The van der Waals surface area contributed by atoms with Crippen molar-refractivity contribution in [3.63, 3.8) is 0 Å². The van der Waals surface area contributed by atoms with E-state index in [9.17, 15) is 4.79 Å². The smallest absolute Gasteiger partial charge is 0.251 e. The van der Waals surface area contributed by atoms with E-state index < -0.39 is 0 Å². The van der Waals surface area contributed by atoms with Gasteiger partial charge in [-0.3, -0.25) is 4.79 Å². The summed E-state index contributed by atoms with van der Waals surface area (Å²) >= 11 is 0. The fraction of sp³-hybridized carbons (Fsp3) is 0.217. The summed E-state index contributed by atoms with van der Waals surface area (Å²) in [5, 5.41) is 2.86. The highest BCUT2D eigenvalue weighted by Crippen LogP contribution is 2.39. The van der Waals surface area contributed by atoms with Gasteiger partial charge in [0, 0.05) is 12.6 Å². The van der Waals surface area contributed by atoms with Crippen LogP contribution in [0.5, 0.6) is 11.5 Å². The van der Waals surface area contributed by atoms with E-state index in [1.54, 1.807) is 30.5 Å². The molecule has 0 atom stereocenters. The summed E-state index contributed by atoms with van der Waals surface area (Å²) in [5.41, 5.74) is 3.17. The van der Waals surface area contributed by atoms with Crippen LogP contribution in [0.15, 0.2) is 70.3 Å². The molecule has 5 nitrogen and oxygen atoms in total. The number of amides is 1. The van der Waals surface area contributed by atoms with Crippen molar-refractivity contribution in [3.05, 3.63) is 77.7 Å². The number of hydrogen-bond acceptors (Lipinski definition) is 4. The second-order valence-corrected chi connectivity index (χ2v) is 7.20. The van der Waals surface area contributed by atoms with E-state index >= 15 is 0 Å². The third kappa shape index (κ3) is 3.83. The molecule has 0 radical (unpaired) electrons. The number of ether oxygens (including phenoxy) is 1. The molecule has 0 spiro atoms. The van der Waals surface area contributed by atoms with Crippen LogP contribution in [0.25, 0.3) is 0 Å². The minimum Gasteiger partial charge on any atom is -0.467 e. The zero-order valence-electron chi connectivity index (χ0n) is 15.9. The van der Waals surface area contributed by atoms with Gasteiger partial charge in [-0.1, -0.05) is 26.0 Å². The van der Waals surface area contributed by atoms with Crippen LogP contribution >= 0.6 is 0 Å². The number of aliphatic imine (C=N–C) groups is 1. The molecule has 3 aromatic rings. The van der Waals surface area contributed by atoms with E-state index in [-0.39, 0.29) is 7.33 Å². The Morgan fingerprint density at radius 2 is 1.96 bits per heavy atom. The summed E-state index contributed by atoms with van der Waals surface area (Å²) in [4.78, 5) is 17.4. The number of benzene rings is 2. The predicted octanol–water partition coefficient (Wildman–Crippen LogP) is 5.73. The van der Waals surface area contributed by atoms with E-state index in [1.807, 2.05) is 30.3 Å². The first-order valence-electron chi connectivity index (χ1n) is 9.39. The average Bonchev–Trinajstić information content (AvgIpc) is 3.15. The van der Waals surface area contributed by atoms with Gasteiger partial charge in [0.25, 0.3) is 5.91 Å². The summed E-state index contributed by atoms with van der Waals surface area (Å²) in [6.07, 6.45) is 2.42. The molecular formula is C23H24N2O3. The molecule has 1 amide bonds. The monoisotopic (exact) mass is 376 g/mol. The SMILES string of the molecule is CC(C)CC1=Nc2cc(C(=O)NCc3ccco3)ccc2Oc2ccccc21.[HH]. The molecule has 144 valence electrons. The van der Waals surface area contributed by atoms with Gasteiger partial charge in [0.05, 0.1) is 18.5 Å². The maximum atomic E-state index is 12.5. The Kier molecular flexibility index (Phi) is 4.98. The van der Waals surface area contributed by atoms with Crippen molar-refractivity contribution in [2.45, 2.75) is 26.8 Å². The Bertz CT molecular complexity index is 1030. The van der Waals surface area contributed by atoms with E-state index in [0.29, 0.717) is 35.2 Å². The van der Waals surface area contributed by atoms with Crippen molar-refractivity contribution in [1.82, 2.24) is 5.32 Å². The minimum absolute atomic E-state index is 0. The number of rotatable bonds is 5. The number of para-hydroxylation sites is 1. The van der Waals surface area contributed by atoms with E-state index in [1.165, 1.54) is 0 Å². The maximum absolute atomic E-state index is 12.5. The first-order valence-corrected chi connectivity index (χ1v) is 9.39. The molecule has 0 unspecified atom stereocenters. The van der Waals surface area contributed by atoms with Crippen molar-refractivity contribution in [2.24, 2.45) is 10.9 Å². The van der Waals surface area contributed by atoms with Crippen LogP contribution in [-0.2, 0) is 6.54 Å². The van der Waals surface area contributed by atoms with E-state index in [4.69, 9.17) is 14.1 Å². The molecule has 28 heavy (non-hydrogen) atoms. The Morgan fingerprint density at radius 3 is 2.75 bits per heavy atom. The van der Waals surface area contributed by atoms with Crippen LogP contribution in [0, 0.1) is 5.92 Å². The Labute approximate surface area is 165 Å². The molecule has 0 fully saturated rings. The van der Waals surface area contributed by atoms with Crippen LogP contribution < -0.4 is 10.1 Å². The van der Waals surface area contributed by atoms with Crippen molar-refractivity contribution in [1.29, 1.82) is 0 Å². The van der Waals surface area contributed by atoms with Gasteiger partial charge in [-0.05, 0) is 54.8 Å². The number of nitrogens with one attached hydrogen (secondary N) is 1. The number of carbonyl (C=O) groups is 1. The van der Waals surface area contributed by atoms with Crippen molar-refractivity contribution in [3.8, 4) is 11.5 Å². The van der Waals surface area contributed by atoms with E-state index in [0.717, 1.165) is 23.4 Å². The first kappa shape index (κ1) is 18.0. The third-order valence-corrected chi connectivity index (χ3v) is 4.50. The van der Waals surface area contributed by atoms with Crippen molar-refractivity contribution < 1.29 is 15.4 Å². The largest absolute Gasteiger partial charge is 0.467 e. The highest BCUT2D eigenvalue weighted by molar-refractivity contribution is 6.06. The highest BCUT2D eigenvalue weighted by atomic mass is 16.5. The van der Waals surface area contributed by atoms with Crippen LogP contribution in [0.4, 0.5) is 5.69 Å². The molecule has 0 saturated carbocycles. The van der Waals surface area contributed by atoms with Crippen LogP contribution in [0.1, 0.15) is 43.4 Å². The van der Waals surface area contributed by atoms with Gasteiger partial charge in [0.15, 0.2) is 5.75 Å². The van der Waals surface area contributed by atoms with Gasteiger partial charge in [-0.2, -0.15) is 0 Å². The summed E-state index contributed by atoms with van der Waals surface area (Å²) in [5.74, 6) is 2.42. The molecular weight excluding hydrogens is 352 g/mol. The van der Waals surface area contributed by atoms with Gasteiger partial charge in [-0.15, -0.1) is 0 Å². The quantitative estimate of drug-likeness (QED) is 0.618. The molecule has 2 heterocycles. The van der Waals surface area contributed by atoms with Crippen molar-refractivity contribution in [2.75, 3.05) is 0 Å². The Balaban J connectivity index is 0.00000240. The molecule has 0 saturated heterocycles. The number of nitrogens with zero attached hydrogens (tertiary/aromatic N) is 1. The fourth-order valence-corrected chi connectivity index (χ4v) is 3.18. The molecule has 1 aromatic heterocycles. The molecule has 1 N–H and O–H groups in total. The van der Waals surface area contributed by atoms with Crippen molar-refractivity contribution >= 4 is 17.3 Å². The predicted molar refractivity (Wildman–Crippen MR) is 111 cm³/mol. The lowest BCUT2D eigenvalue weighted by molar-refractivity contribution is 0.0948. The zero-order valence-corrected chi connectivity index (χ0v) is 15.9. The number of furan rings is 1. The van der Waals surface area contributed by atoms with Crippen LogP contribution in [-0.4, -0.2) is 11.6 Å². The third-order valence-electron chi connectivity index (χ3n) is 4.50. The van der Waals surface area contributed by atoms with Gasteiger partial charge in [0.1, 0.15) is 17.2 Å². The second kappa shape index (κ2) is 7.72. The summed E-state index contributed by atoms with van der Waals surface area (Å²) in [7, 11) is 0. The molecule has 0 aliphatic carbocycles. The van der Waals surface area contributed by atoms with Gasteiger partial charge in [-0.25, -0.2) is 4.99 Å².